The van der Waals surface area contributed by atoms with Crippen LogP contribution in [0.3, 0.4) is 0 Å². The molecule has 0 aliphatic carbocycles. The second-order valence-electron chi connectivity index (χ2n) is 8.44. The summed E-state index contributed by atoms with van der Waals surface area (Å²) < 4.78 is 32.9. The van der Waals surface area contributed by atoms with Crippen LogP contribution in [0, 0.1) is 12.8 Å². The van der Waals surface area contributed by atoms with Gasteiger partial charge in [-0.25, -0.2) is 8.42 Å². The van der Waals surface area contributed by atoms with Crippen molar-refractivity contribution in [1.82, 2.24) is 14.5 Å². The highest BCUT2D eigenvalue weighted by atomic mass is 32.2. The van der Waals surface area contributed by atoms with Crippen LogP contribution in [-0.4, -0.2) is 69.3 Å². The Morgan fingerprint density at radius 1 is 0.903 bits per heavy atom. The van der Waals surface area contributed by atoms with Gasteiger partial charge in [0.15, 0.2) is 11.6 Å². The Labute approximate surface area is 184 Å². The number of nitrogens with zero attached hydrogens (tertiary/aromatic N) is 5. The molecule has 2 aromatic rings. The highest BCUT2D eigenvalue weighted by Crippen LogP contribution is 2.26. The highest BCUT2D eigenvalue weighted by molar-refractivity contribution is 7.89. The van der Waals surface area contributed by atoms with E-state index in [9.17, 15) is 8.42 Å². The molecular weight excluding hydrogens is 414 g/mol. The first-order valence-electron chi connectivity index (χ1n) is 10.9. The summed E-state index contributed by atoms with van der Waals surface area (Å²) >= 11 is 0. The minimum Gasteiger partial charge on any atom is -0.496 e. The molecule has 0 amide bonds. The molecule has 8 nitrogen and oxygen atoms in total. The molecule has 0 spiro atoms. The third-order valence-electron chi connectivity index (χ3n) is 6.31. The Bertz CT molecular complexity index is 996. The van der Waals surface area contributed by atoms with E-state index < -0.39 is 10.0 Å². The zero-order valence-electron chi connectivity index (χ0n) is 18.5. The first-order valence-corrected chi connectivity index (χ1v) is 12.3. The Morgan fingerprint density at radius 2 is 1.48 bits per heavy atom. The topological polar surface area (TPSA) is 78.9 Å². The second kappa shape index (κ2) is 9.00. The monoisotopic (exact) mass is 445 g/mol. The van der Waals surface area contributed by atoms with Gasteiger partial charge in [-0.3, -0.25) is 0 Å². The van der Waals surface area contributed by atoms with Crippen LogP contribution < -0.4 is 14.5 Å². The minimum absolute atomic E-state index is 0.305. The van der Waals surface area contributed by atoms with Gasteiger partial charge in [0.2, 0.25) is 10.0 Å². The molecule has 4 rings (SSSR count). The van der Waals surface area contributed by atoms with Crippen molar-refractivity contribution in [3.05, 3.63) is 35.9 Å². The van der Waals surface area contributed by atoms with Gasteiger partial charge in [-0.15, -0.1) is 10.2 Å². The summed E-state index contributed by atoms with van der Waals surface area (Å²) in [7, 11) is -1.95. The van der Waals surface area contributed by atoms with E-state index in [0.717, 1.165) is 36.2 Å². The maximum Gasteiger partial charge on any atom is 0.243 e. The molecule has 0 radical (unpaired) electrons. The normalized spacial score (nSPS) is 18.9. The summed E-state index contributed by atoms with van der Waals surface area (Å²) in [6.07, 6.45) is 2.38. The number of sulfonamides is 1. The van der Waals surface area contributed by atoms with E-state index in [4.69, 9.17) is 4.74 Å². The Morgan fingerprint density at radius 3 is 2.00 bits per heavy atom. The van der Waals surface area contributed by atoms with Gasteiger partial charge in [-0.2, -0.15) is 4.31 Å². The van der Waals surface area contributed by atoms with E-state index in [2.05, 4.69) is 26.9 Å². The zero-order valence-corrected chi connectivity index (χ0v) is 19.3. The Hall–Kier alpha value is -2.39. The maximum atomic E-state index is 13.1. The number of hydrogen-bond acceptors (Lipinski definition) is 7. The number of anilines is 2. The zero-order chi connectivity index (χ0) is 22.0. The number of rotatable bonds is 5. The number of aryl methyl sites for hydroxylation is 1. The summed E-state index contributed by atoms with van der Waals surface area (Å²) in [5, 5.41) is 8.86. The van der Waals surface area contributed by atoms with Crippen molar-refractivity contribution in [1.29, 1.82) is 0 Å². The van der Waals surface area contributed by atoms with Gasteiger partial charge < -0.3 is 14.5 Å². The molecular formula is C22H31N5O3S. The SMILES string of the molecule is COc1ccc(S(=O)(=O)N2CCN(c3ccc(N4CCC(C)CC4)nn3)CC2)cc1C. The van der Waals surface area contributed by atoms with Crippen molar-refractivity contribution in [2.24, 2.45) is 5.92 Å². The van der Waals surface area contributed by atoms with Gasteiger partial charge in [-0.1, -0.05) is 6.92 Å². The highest BCUT2D eigenvalue weighted by Gasteiger charge is 2.29. The van der Waals surface area contributed by atoms with Crippen molar-refractivity contribution in [2.75, 3.05) is 56.2 Å². The molecule has 0 unspecified atom stereocenters. The van der Waals surface area contributed by atoms with Crippen molar-refractivity contribution in [3.63, 3.8) is 0 Å². The maximum absolute atomic E-state index is 13.1. The van der Waals surface area contributed by atoms with Gasteiger partial charge in [0, 0.05) is 39.3 Å². The summed E-state index contributed by atoms with van der Waals surface area (Å²) in [5.74, 6) is 3.18. The Balaban J connectivity index is 1.38. The lowest BCUT2D eigenvalue weighted by Crippen LogP contribution is -2.49. The number of methoxy groups -OCH3 is 1. The standard InChI is InChI=1S/C22H31N5O3S/c1-17-8-10-25(11-9-17)21-6-7-22(24-23-21)26-12-14-27(15-13-26)31(28,29)19-4-5-20(30-3)18(2)16-19/h4-7,16-17H,8-15H2,1-3H3. The molecule has 2 aliphatic heterocycles. The summed E-state index contributed by atoms with van der Waals surface area (Å²) in [4.78, 5) is 4.69. The van der Waals surface area contributed by atoms with Crippen LogP contribution in [0.15, 0.2) is 35.2 Å². The molecule has 0 atom stereocenters. The minimum atomic E-state index is -3.53. The average molecular weight is 446 g/mol. The molecule has 0 N–H and O–H groups in total. The van der Waals surface area contributed by atoms with E-state index >= 15 is 0 Å². The second-order valence-corrected chi connectivity index (χ2v) is 10.4. The summed E-state index contributed by atoms with van der Waals surface area (Å²) in [5.41, 5.74) is 0.806. The summed E-state index contributed by atoms with van der Waals surface area (Å²) in [6, 6.07) is 9.02. The molecule has 9 heteroatoms. The predicted molar refractivity (Wildman–Crippen MR) is 121 cm³/mol. The van der Waals surface area contributed by atoms with Crippen molar-refractivity contribution < 1.29 is 13.2 Å². The van der Waals surface area contributed by atoms with E-state index in [0.29, 0.717) is 36.8 Å². The molecule has 3 heterocycles. The predicted octanol–water partition coefficient (Wildman–Crippen LogP) is 2.54. The molecule has 168 valence electrons. The average Bonchev–Trinajstić information content (AvgIpc) is 2.80. The summed E-state index contributed by atoms with van der Waals surface area (Å²) in [6.45, 7) is 8.20. The molecule has 31 heavy (non-hydrogen) atoms. The quantitative estimate of drug-likeness (QED) is 0.700. The number of ether oxygens (including phenoxy) is 1. The number of piperazine rings is 1. The lowest BCUT2D eigenvalue weighted by atomic mass is 9.99. The van der Waals surface area contributed by atoms with Gasteiger partial charge in [0.25, 0.3) is 0 Å². The van der Waals surface area contributed by atoms with Crippen molar-refractivity contribution in [3.8, 4) is 5.75 Å². The Kier molecular flexibility index (Phi) is 6.34. The number of piperidine rings is 1. The largest absolute Gasteiger partial charge is 0.496 e. The fourth-order valence-corrected chi connectivity index (χ4v) is 5.72. The third kappa shape index (κ3) is 4.62. The van der Waals surface area contributed by atoms with E-state index in [1.807, 2.05) is 19.1 Å². The molecule has 1 aromatic carbocycles. The lowest BCUT2D eigenvalue weighted by molar-refractivity contribution is 0.383. The number of benzene rings is 1. The molecule has 2 fully saturated rings. The molecule has 0 bridgehead atoms. The van der Waals surface area contributed by atoms with E-state index in [1.165, 1.54) is 12.8 Å². The van der Waals surface area contributed by atoms with Gasteiger partial charge in [0.05, 0.1) is 12.0 Å². The first kappa shape index (κ1) is 21.8. The van der Waals surface area contributed by atoms with Crippen LogP contribution >= 0.6 is 0 Å². The fourth-order valence-electron chi connectivity index (χ4n) is 4.21. The molecule has 2 aliphatic rings. The van der Waals surface area contributed by atoms with Crippen LogP contribution in [0.1, 0.15) is 25.3 Å². The first-order chi connectivity index (χ1) is 14.9. The lowest BCUT2D eigenvalue weighted by Gasteiger charge is -2.35. The van der Waals surface area contributed by atoms with Crippen LogP contribution in [-0.2, 0) is 10.0 Å². The fraction of sp³-hybridized carbons (Fsp3) is 0.545. The van der Waals surface area contributed by atoms with E-state index in [-0.39, 0.29) is 0 Å². The van der Waals surface area contributed by atoms with Crippen LogP contribution in [0.4, 0.5) is 11.6 Å². The van der Waals surface area contributed by atoms with Crippen molar-refractivity contribution in [2.45, 2.75) is 31.6 Å². The van der Waals surface area contributed by atoms with Crippen LogP contribution in [0.25, 0.3) is 0 Å². The van der Waals surface area contributed by atoms with Crippen LogP contribution in [0.5, 0.6) is 5.75 Å². The third-order valence-corrected chi connectivity index (χ3v) is 8.21. The molecule has 0 saturated carbocycles. The van der Waals surface area contributed by atoms with Gasteiger partial charge in [-0.05, 0) is 61.6 Å². The molecule has 1 aromatic heterocycles. The van der Waals surface area contributed by atoms with E-state index in [1.54, 1.807) is 29.6 Å². The van der Waals surface area contributed by atoms with Gasteiger partial charge in [0.1, 0.15) is 5.75 Å². The van der Waals surface area contributed by atoms with Crippen molar-refractivity contribution >= 4 is 21.7 Å². The number of hydrogen-bond donors (Lipinski definition) is 0. The van der Waals surface area contributed by atoms with Crippen LogP contribution in [0.2, 0.25) is 0 Å². The molecule has 2 saturated heterocycles. The number of aromatic nitrogens is 2. The van der Waals surface area contributed by atoms with Gasteiger partial charge >= 0.3 is 0 Å². The smallest absolute Gasteiger partial charge is 0.243 e.